The van der Waals surface area contributed by atoms with Crippen molar-refractivity contribution in [2.45, 2.75) is 31.9 Å². The van der Waals surface area contributed by atoms with E-state index >= 15 is 0 Å². The molecule has 4 nitrogen and oxygen atoms in total. The van der Waals surface area contributed by atoms with Gasteiger partial charge in [0, 0.05) is 16.8 Å². The van der Waals surface area contributed by atoms with Gasteiger partial charge in [0.1, 0.15) is 0 Å². The average molecular weight is 309 g/mol. The van der Waals surface area contributed by atoms with Crippen molar-refractivity contribution in [2.75, 3.05) is 0 Å². The van der Waals surface area contributed by atoms with Crippen molar-refractivity contribution in [3.05, 3.63) is 46.8 Å². The normalized spacial score (nSPS) is 14.7. The van der Waals surface area contributed by atoms with Crippen LogP contribution in [-0.4, -0.2) is 15.7 Å². The van der Waals surface area contributed by atoms with Gasteiger partial charge >= 0.3 is 6.18 Å². The molecule has 0 bridgehead atoms. The molecule has 7 heteroatoms. The Morgan fingerprint density at radius 1 is 1.23 bits per heavy atom. The highest BCUT2D eigenvalue weighted by molar-refractivity contribution is 5.93. The number of alkyl halides is 3. The molecule has 1 aromatic heterocycles. The number of rotatable bonds is 2. The quantitative estimate of drug-likeness (QED) is 0.927. The van der Waals surface area contributed by atoms with Gasteiger partial charge in [-0.2, -0.15) is 18.3 Å². The van der Waals surface area contributed by atoms with Gasteiger partial charge in [-0.1, -0.05) is 6.07 Å². The lowest BCUT2D eigenvalue weighted by atomic mass is 9.95. The minimum atomic E-state index is -4.48. The number of nitrogens with two attached hydrogens (primary N) is 1. The molecule has 0 radical (unpaired) electrons. The number of primary amides is 1. The van der Waals surface area contributed by atoms with Gasteiger partial charge in [-0.15, -0.1) is 0 Å². The minimum Gasteiger partial charge on any atom is -0.366 e. The number of amides is 1. The van der Waals surface area contributed by atoms with E-state index in [0.29, 0.717) is 24.2 Å². The number of carbonyl (C=O) groups is 1. The van der Waals surface area contributed by atoms with Crippen LogP contribution in [0.5, 0.6) is 0 Å². The van der Waals surface area contributed by atoms with E-state index in [2.05, 4.69) is 5.10 Å². The van der Waals surface area contributed by atoms with Crippen molar-refractivity contribution < 1.29 is 18.0 Å². The van der Waals surface area contributed by atoms with Gasteiger partial charge < -0.3 is 5.73 Å². The smallest absolute Gasteiger partial charge is 0.366 e. The van der Waals surface area contributed by atoms with E-state index in [1.54, 1.807) is 12.1 Å². The third kappa shape index (κ3) is 2.47. The monoisotopic (exact) mass is 309 g/mol. The summed E-state index contributed by atoms with van der Waals surface area (Å²) in [6, 6.07) is 6.19. The molecule has 22 heavy (non-hydrogen) atoms. The first kappa shape index (κ1) is 14.6. The van der Waals surface area contributed by atoms with Crippen LogP contribution in [-0.2, 0) is 19.0 Å². The zero-order chi connectivity index (χ0) is 15.9. The molecule has 1 aromatic carbocycles. The maximum atomic E-state index is 13.2. The largest absolute Gasteiger partial charge is 0.435 e. The highest BCUT2D eigenvalue weighted by atomic mass is 19.4. The van der Waals surface area contributed by atoms with Gasteiger partial charge in [0.05, 0.1) is 5.69 Å². The van der Waals surface area contributed by atoms with Gasteiger partial charge in [0.2, 0.25) is 5.91 Å². The Labute approximate surface area is 124 Å². The van der Waals surface area contributed by atoms with Gasteiger partial charge in [-0.25, -0.2) is 4.68 Å². The van der Waals surface area contributed by atoms with Crippen molar-refractivity contribution in [3.8, 4) is 5.69 Å². The van der Waals surface area contributed by atoms with Crippen LogP contribution in [0.1, 0.15) is 40.2 Å². The number of halogens is 3. The van der Waals surface area contributed by atoms with Crippen molar-refractivity contribution in [1.82, 2.24) is 9.78 Å². The van der Waals surface area contributed by atoms with Crippen molar-refractivity contribution in [1.29, 1.82) is 0 Å². The molecular formula is C15H14F3N3O. The number of aromatic nitrogens is 2. The highest BCUT2D eigenvalue weighted by Gasteiger charge is 2.39. The van der Waals surface area contributed by atoms with E-state index in [-0.39, 0.29) is 11.1 Å². The summed E-state index contributed by atoms with van der Waals surface area (Å²) in [6.07, 6.45) is -2.01. The molecule has 0 saturated carbocycles. The second-order valence-corrected chi connectivity index (χ2v) is 5.31. The summed E-state index contributed by atoms with van der Waals surface area (Å²) in [7, 11) is 0. The summed E-state index contributed by atoms with van der Waals surface area (Å²) in [6.45, 7) is 0. The molecule has 0 unspecified atom stereocenters. The molecule has 1 amide bonds. The zero-order valence-electron chi connectivity index (χ0n) is 11.7. The fourth-order valence-electron chi connectivity index (χ4n) is 2.83. The maximum absolute atomic E-state index is 13.2. The van der Waals surface area contributed by atoms with Crippen molar-refractivity contribution >= 4 is 5.91 Å². The first-order chi connectivity index (χ1) is 10.4. The molecule has 2 aromatic rings. The molecule has 0 fully saturated rings. The number of nitrogens with zero attached hydrogens (tertiary/aromatic N) is 2. The van der Waals surface area contributed by atoms with Crippen LogP contribution in [0.4, 0.5) is 13.2 Å². The Morgan fingerprint density at radius 3 is 2.64 bits per heavy atom. The Bertz CT molecular complexity index is 734. The highest BCUT2D eigenvalue weighted by Crippen LogP contribution is 2.36. The third-order valence-electron chi connectivity index (χ3n) is 3.82. The Balaban J connectivity index is 2.17. The fraction of sp³-hybridized carbons (Fsp3) is 0.333. The zero-order valence-corrected chi connectivity index (χ0v) is 11.7. The van der Waals surface area contributed by atoms with Crippen molar-refractivity contribution in [2.24, 2.45) is 5.73 Å². The van der Waals surface area contributed by atoms with E-state index in [0.717, 1.165) is 12.8 Å². The van der Waals surface area contributed by atoms with Crippen LogP contribution >= 0.6 is 0 Å². The fourth-order valence-corrected chi connectivity index (χ4v) is 2.83. The summed E-state index contributed by atoms with van der Waals surface area (Å²) in [4.78, 5) is 11.3. The van der Waals surface area contributed by atoms with E-state index in [9.17, 15) is 18.0 Å². The summed E-state index contributed by atoms with van der Waals surface area (Å²) >= 11 is 0. The van der Waals surface area contributed by atoms with Crippen LogP contribution in [0.25, 0.3) is 5.69 Å². The SMILES string of the molecule is NC(=O)c1cccc(-n2nc(C(F)(F)F)c3c2CCCC3)c1. The molecule has 0 saturated heterocycles. The number of benzene rings is 1. The molecule has 1 heterocycles. The van der Waals surface area contributed by atoms with Gasteiger partial charge in [-0.3, -0.25) is 4.79 Å². The predicted octanol–water partition coefficient (Wildman–Crippen LogP) is 2.87. The summed E-state index contributed by atoms with van der Waals surface area (Å²) in [5.41, 5.74) is 5.90. The second kappa shape index (κ2) is 5.15. The van der Waals surface area contributed by atoms with Gasteiger partial charge in [0.15, 0.2) is 5.69 Å². The predicted molar refractivity (Wildman–Crippen MR) is 73.7 cm³/mol. The topological polar surface area (TPSA) is 60.9 Å². The van der Waals surface area contributed by atoms with Crippen LogP contribution in [0.3, 0.4) is 0 Å². The first-order valence-electron chi connectivity index (χ1n) is 6.96. The molecule has 116 valence electrons. The van der Waals surface area contributed by atoms with E-state index < -0.39 is 17.8 Å². The lowest BCUT2D eigenvalue weighted by Gasteiger charge is -2.14. The lowest BCUT2D eigenvalue weighted by molar-refractivity contribution is -0.142. The average Bonchev–Trinajstić information content (AvgIpc) is 2.87. The maximum Gasteiger partial charge on any atom is 0.435 e. The molecule has 0 atom stereocenters. The van der Waals surface area contributed by atoms with Crippen LogP contribution in [0.15, 0.2) is 24.3 Å². The lowest BCUT2D eigenvalue weighted by Crippen LogP contribution is -2.12. The molecular weight excluding hydrogens is 295 g/mol. The van der Waals surface area contributed by atoms with E-state index in [1.807, 2.05) is 0 Å². The molecule has 2 N–H and O–H groups in total. The van der Waals surface area contributed by atoms with Crippen LogP contribution < -0.4 is 5.73 Å². The van der Waals surface area contributed by atoms with Crippen molar-refractivity contribution in [3.63, 3.8) is 0 Å². The standard InChI is InChI=1S/C15H14F3N3O/c16-15(17,18)13-11-6-1-2-7-12(11)21(20-13)10-5-3-4-9(8-10)14(19)22/h3-5,8H,1-2,6-7H2,(H2,19,22). The summed E-state index contributed by atoms with van der Waals surface area (Å²) < 4.78 is 40.8. The Hall–Kier alpha value is -2.31. The molecule has 0 spiro atoms. The number of hydrogen-bond donors (Lipinski definition) is 1. The Kier molecular flexibility index (Phi) is 3.42. The van der Waals surface area contributed by atoms with Gasteiger partial charge in [0.25, 0.3) is 0 Å². The van der Waals surface area contributed by atoms with Gasteiger partial charge in [-0.05, 0) is 43.9 Å². The van der Waals surface area contributed by atoms with Crippen LogP contribution in [0.2, 0.25) is 0 Å². The molecule has 0 aliphatic heterocycles. The third-order valence-corrected chi connectivity index (χ3v) is 3.82. The minimum absolute atomic E-state index is 0.242. The van der Waals surface area contributed by atoms with E-state index in [1.165, 1.54) is 16.8 Å². The van der Waals surface area contributed by atoms with Crippen LogP contribution in [0, 0.1) is 0 Å². The number of carbonyl (C=O) groups excluding carboxylic acids is 1. The number of fused-ring (bicyclic) bond motifs is 1. The Morgan fingerprint density at radius 2 is 1.95 bits per heavy atom. The van der Waals surface area contributed by atoms with E-state index in [4.69, 9.17) is 5.73 Å². The second-order valence-electron chi connectivity index (χ2n) is 5.31. The number of hydrogen-bond acceptors (Lipinski definition) is 2. The molecule has 1 aliphatic carbocycles. The summed E-state index contributed by atoms with van der Waals surface area (Å²) in [5.74, 6) is -0.626. The summed E-state index contributed by atoms with van der Waals surface area (Å²) in [5, 5.41) is 3.77. The molecule has 3 rings (SSSR count). The molecule has 1 aliphatic rings. The first-order valence-corrected chi connectivity index (χ1v) is 6.96.